The summed E-state index contributed by atoms with van der Waals surface area (Å²) in [5.41, 5.74) is 6.52. The number of thioether (sulfide) groups is 1. The molecule has 1 rings (SSSR count). The normalized spacial score (nSPS) is 10.7. The van der Waals surface area contributed by atoms with Gasteiger partial charge in [0.05, 0.1) is 12.8 Å². The fourth-order valence-electron chi connectivity index (χ4n) is 2.21. The second kappa shape index (κ2) is 10.9. The van der Waals surface area contributed by atoms with Crippen LogP contribution in [0.1, 0.15) is 58.3 Å². The van der Waals surface area contributed by atoms with Crippen LogP contribution < -0.4 is 10.5 Å². The Morgan fingerprint density at radius 3 is 2.30 bits per heavy atom. The van der Waals surface area contributed by atoms with Crippen molar-refractivity contribution in [2.24, 2.45) is 0 Å². The second-order valence-corrected chi connectivity index (χ2v) is 6.40. The molecule has 0 spiro atoms. The number of ether oxygens (including phenoxy) is 1. The molecule has 1 aromatic rings. The topological polar surface area (TPSA) is 35.2 Å². The van der Waals surface area contributed by atoms with E-state index in [1.807, 2.05) is 23.9 Å². The molecule has 1 aromatic carbocycles. The van der Waals surface area contributed by atoms with Crippen molar-refractivity contribution < 1.29 is 4.74 Å². The maximum Gasteiger partial charge on any atom is 0.142 e. The van der Waals surface area contributed by atoms with Gasteiger partial charge in [0.25, 0.3) is 0 Å². The summed E-state index contributed by atoms with van der Waals surface area (Å²) in [5, 5.41) is 0. The molecule has 0 radical (unpaired) electrons. The van der Waals surface area contributed by atoms with Crippen molar-refractivity contribution in [1.29, 1.82) is 0 Å². The van der Waals surface area contributed by atoms with Crippen LogP contribution in [0.3, 0.4) is 0 Å². The van der Waals surface area contributed by atoms with Crippen LogP contribution >= 0.6 is 11.8 Å². The first-order chi connectivity index (χ1) is 9.77. The van der Waals surface area contributed by atoms with Gasteiger partial charge in [0.15, 0.2) is 0 Å². The highest BCUT2D eigenvalue weighted by Crippen LogP contribution is 2.28. The highest BCUT2D eigenvalue weighted by atomic mass is 32.2. The third-order valence-corrected chi connectivity index (χ3v) is 4.55. The van der Waals surface area contributed by atoms with Gasteiger partial charge in [-0.1, -0.05) is 51.9 Å². The molecular weight excluding hydrogens is 266 g/mol. The first kappa shape index (κ1) is 17.2. The van der Waals surface area contributed by atoms with Crippen LogP contribution in [0.25, 0.3) is 0 Å². The molecule has 0 aromatic heterocycles. The van der Waals surface area contributed by atoms with Gasteiger partial charge < -0.3 is 10.5 Å². The molecule has 0 saturated heterocycles. The lowest BCUT2D eigenvalue weighted by Gasteiger charge is -2.07. The molecule has 114 valence electrons. The maximum atomic E-state index is 5.81. The van der Waals surface area contributed by atoms with E-state index in [1.165, 1.54) is 62.0 Å². The fourth-order valence-corrected chi connectivity index (χ4v) is 3.15. The van der Waals surface area contributed by atoms with Gasteiger partial charge in [-0.25, -0.2) is 0 Å². The Labute approximate surface area is 128 Å². The molecule has 0 bridgehead atoms. The minimum absolute atomic E-state index is 0.712. The van der Waals surface area contributed by atoms with Crippen LogP contribution in [0.15, 0.2) is 23.1 Å². The monoisotopic (exact) mass is 295 g/mol. The van der Waals surface area contributed by atoms with E-state index in [1.54, 1.807) is 7.11 Å². The molecule has 0 saturated carbocycles. The zero-order valence-corrected chi connectivity index (χ0v) is 13.8. The van der Waals surface area contributed by atoms with Crippen LogP contribution in [0.2, 0.25) is 0 Å². The molecule has 0 aliphatic carbocycles. The molecule has 0 unspecified atom stereocenters. The lowest BCUT2D eigenvalue weighted by Crippen LogP contribution is -1.92. The van der Waals surface area contributed by atoms with Gasteiger partial charge in [0, 0.05) is 4.90 Å². The van der Waals surface area contributed by atoms with E-state index in [0.717, 1.165) is 5.75 Å². The summed E-state index contributed by atoms with van der Waals surface area (Å²) in [6.45, 7) is 2.27. The van der Waals surface area contributed by atoms with Crippen molar-refractivity contribution >= 4 is 17.4 Å². The molecule has 0 aliphatic rings. The van der Waals surface area contributed by atoms with E-state index >= 15 is 0 Å². The smallest absolute Gasteiger partial charge is 0.142 e. The fraction of sp³-hybridized carbons (Fsp3) is 0.647. The zero-order chi connectivity index (χ0) is 14.6. The molecule has 3 heteroatoms. The highest BCUT2D eigenvalue weighted by Gasteiger charge is 2.01. The third kappa shape index (κ3) is 7.09. The van der Waals surface area contributed by atoms with Crippen molar-refractivity contribution in [1.82, 2.24) is 0 Å². The average Bonchev–Trinajstić information content (AvgIpc) is 2.47. The first-order valence-corrected chi connectivity index (χ1v) is 8.82. The molecule has 2 nitrogen and oxygen atoms in total. The quantitative estimate of drug-likeness (QED) is 0.332. The number of benzene rings is 1. The van der Waals surface area contributed by atoms with Gasteiger partial charge in [-0.05, 0) is 30.4 Å². The number of hydrogen-bond acceptors (Lipinski definition) is 3. The number of rotatable bonds is 11. The molecule has 0 fully saturated rings. The van der Waals surface area contributed by atoms with Gasteiger partial charge in [-0.2, -0.15) is 0 Å². The Balaban J connectivity index is 2.06. The zero-order valence-electron chi connectivity index (χ0n) is 13.0. The third-order valence-electron chi connectivity index (χ3n) is 3.47. The van der Waals surface area contributed by atoms with E-state index in [-0.39, 0.29) is 0 Å². The molecule has 0 atom stereocenters. The number of nitrogens with two attached hydrogens (primary N) is 1. The van der Waals surface area contributed by atoms with Crippen molar-refractivity contribution in [3.8, 4) is 5.75 Å². The van der Waals surface area contributed by atoms with Gasteiger partial charge in [0.2, 0.25) is 0 Å². The predicted molar refractivity (Wildman–Crippen MR) is 90.7 cm³/mol. The first-order valence-electron chi connectivity index (χ1n) is 7.84. The summed E-state index contributed by atoms with van der Waals surface area (Å²) < 4.78 is 5.24. The number of nitrogen functional groups attached to an aromatic ring is 1. The van der Waals surface area contributed by atoms with Gasteiger partial charge in [0.1, 0.15) is 5.75 Å². The average molecular weight is 295 g/mol. The number of hydrogen-bond donors (Lipinski definition) is 1. The lowest BCUT2D eigenvalue weighted by molar-refractivity contribution is 0.416. The van der Waals surface area contributed by atoms with Gasteiger partial charge >= 0.3 is 0 Å². The van der Waals surface area contributed by atoms with E-state index in [4.69, 9.17) is 10.5 Å². The summed E-state index contributed by atoms with van der Waals surface area (Å²) in [6.07, 6.45) is 11.0. The predicted octanol–water partition coefficient (Wildman–Crippen LogP) is 5.51. The Kier molecular flexibility index (Phi) is 9.38. The van der Waals surface area contributed by atoms with Crippen molar-refractivity contribution in [3.63, 3.8) is 0 Å². The van der Waals surface area contributed by atoms with E-state index in [0.29, 0.717) is 5.69 Å². The van der Waals surface area contributed by atoms with E-state index in [2.05, 4.69) is 13.0 Å². The second-order valence-electron chi connectivity index (χ2n) is 5.23. The van der Waals surface area contributed by atoms with Gasteiger partial charge in [-0.3, -0.25) is 0 Å². The summed E-state index contributed by atoms with van der Waals surface area (Å²) in [6, 6.07) is 6.03. The van der Waals surface area contributed by atoms with Crippen LogP contribution in [0.5, 0.6) is 5.75 Å². The van der Waals surface area contributed by atoms with Crippen LogP contribution in [0.4, 0.5) is 5.69 Å². The Morgan fingerprint density at radius 1 is 1.00 bits per heavy atom. The van der Waals surface area contributed by atoms with Crippen LogP contribution in [-0.2, 0) is 0 Å². The van der Waals surface area contributed by atoms with Gasteiger partial charge in [-0.15, -0.1) is 11.8 Å². The molecule has 0 aliphatic heterocycles. The molecule has 20 heavy (non-hydrogen) atoms. The Hall–Kier alpha value is -0.830. The van der Waals surface area contributed by atoms with Crippen LogP contribution in [-0.4, -0.2) is 12.9 Å². The standard InChI is InChI=1S/C17H29NOS/c1-3-4-5-6-7-8-9-10-13-20-15-11-12-16(18)17(14-15)19-2/h11-12,14H,3-10,13,18H2,1-2H3. The largest absolute Gasteiger partial charge is 0.495 e. The SMILES string of the molecule is CCCCCCCCCCSc1ccc(N)c(OC)c1. The van der Waals surface area contributed by atoms with Crippen molar-refractivity contribution in [2.45, 2.75) is 63.2 Å². The van der Waals surface area contributed by atoms with E-state index < -0.39 is 0 Å². The molecule has 2 N–H and O–H groups in total. The summed E-state index contributed by atoms with van der Waals surface area (Å²) in [7, 11) is 1.67. The van der Waals surface area contributed by atoms with Crippen LogP contribution in [0, 0.1) is 0 Å². The molecular formula is C17H29NOS. The minimum atomic E-state index is 0.712. The Morgan fingerprint density at radius 2 is 1.65 bits per heavy atom. The Bertz CT molecular complexity index is 368. The minimum Gasteiger partial charge on any atom is -0.495 e. The number of methoxy groups -OCH3 is 1. The van der Waals surface area contributed by atoms with Crippen molar-refractivity contribution in [2.75, 3.05) is 18.6 Å². The number of anilines is 1. The highest BCUT2D eigenvalue weighted by molar-refractivity contribution is 7.99. The number of unbranched alkanes of at least 4 members (excludes halogenated alkanes) is 7. The lowest BCUT2D eigenvalue weighted by atomic mass is 10.1. The molecule has 0 heterocycles. The maximum absolute atomic E-state index is 5.81. The molecule has 0 amide bonds. The summed E-state index contributed by atoms with van der Waals surface area (Å²) >= 11 is 1.90. The summed E-state index contributed by atoms with van der Waals surface area (Å²) in [5.74, 6) is 1.97. The summed E-state index contributed by atoms with van der Waals surface area (Å²) in [4.78, 5) is 1.25. The van der Waals surface area contributed by atoms with Crippen molar-refractivity contribution in [3.05, 3.63) is 18.2 Å². The van der Waals surface area contributed by atoms with E-state index in [9.17, 15) is 0 Å².